The Balaban J connectivity index is 2.92. The van der Waals surface area contributed by atoms with Crippen LogP contribution in [0, 0.1) is 5.82 Å². The van der Waals surface area contributed by atoms with Gasteiger partial charge in [-0.15, -0.1) is 0 Å². The molecule has 0 heterocycles. The van der Waals surface area contributed by atoms with E-state index in [2.05, 4.69) is 5.32 Å². The minimum absolute atomic E-state index is 0.164. The van der Waals surface area contributed by atoms with Crippen LogP contribution in [0.4, 0.5) is 28.0 Å². The van der Waals surface area contributed by atoms with Gasteiger partial charge in [-0.05, 0) is 50.7 Å². The molecule has 0 bridgehead atoms. The molecule has 0 radical (unpaired) electrons. The van der Waals surface area contributed by atoms with Crippen LogP contribution in [0.15, 0.2) is 23.1 Å². The molecule has 0 atom stereocenters. The van der Waals surface area contributed by atoms with Crippen LogP contribution >= 0.6 is 11.8 Å². The predicted octanol–water partition coefficient (Wildman–Crippen LogP) is 4.78. The van der Waals surface area contributed by atoms with Crippen LogP contribution in [0.1, 0.15) is 20.8 Å². The van der Waals surface area contributed by atoms with E-state index >= 15 is 0 Å². The van der Waals surface area contributed by atoms with Gasteiger partial charge in [0.1, 0.15) is 11.4 Å². The van der Waals surface area contributed by atoms with Crippen molar-refractivity contribution < 1.29 is 27.1 Å². The number of thioether (sulfide) groups is 1. The maximum Gasteiger partial charge on any atom is 0.446 e. The topological polar surface area (TPSA) is 38.3 Å². The Bertz CT molecular complexity index is 497. The van der Waals surface area contributed by atoms with E-state index in [1.807, 2.05) is 0 Å². The number of nitrogens with one attached hydrogen (secondary N) is 1. The van der Waals surface area contributed by atoms with Crippen LogP contribution in [-0.2, 0) is 4.74 Å². The molecule has 1 amide bonds. The molecule has 0 saturated heterocycles. The molecular formula is C12H13F4NO2S. The van der Waals surface area contributed by atoms with Gasteiger partial charge in [0.25, 0.3) is 0 Å². The summed E-state index contributed by atoms with van der Waals surface area (Å²) in [5.74, 6) is -0.827. The van der Waals surface area contributed by atoms with E-state index in [0.29, 0.717) is 6.07 Å². The maximum atomic E-state index is 13.0. The lowest BCUT2D eigenvalue weighted by atomic mass is 10.2. The van der Waals surface area contributed by atoms with Crippen molar-refractivity contribution in [2.75, 3.05) is 5.32 Å². The summed E-state index contributed by atoms with van der Waals surface area (Å²) in [5, 5.41) is 2.17. The third-order valence-electron chi connectivity index (χ3n) is 1.80. The molecule has 0 fully saturated rings. The second-order valence-electron chi connectivity index (χ2n) is 4.82. The highest BCUT2D eigenvalue weighted by atomic mass is 32.2. The number of rotatable bonds is 2. The number of carbonyl (C=O) groups excluding carboxylic acids is 1. The number of amides is 1. The Hall–Kier alpha value is -1.44. The molecule has 1 rings (SSSR count). The molecule has 3 nitrogen and oxygen atoms in total. The lowest BCUT2D eigenvalue weighted by Crippen LogP contribution is -2.27. The number of hydrogen-bond acceptors (Lipinski definition) is 3. The standard InChI is InChI=1S/C12H13F4NO2S/c1-11(2,3)19-10(18)17-8-5-4-7(13)6-9(8)20-12(14,15)16/h4-6H,1-3H3,(H,17,18). The van der Waals surface area contributed by atoms with Crippen LogP contribution in [0.5, 0.6) is 0 Å². The summed E-state index contributed by atoms with van der Waals surface area (Å²) in [6, 6.07) is 2.70. The molecular weight excluding hydrogens is 298 g/mol. The van der Waals surface area contributed by atoms with E-state index < -0.39 is 39.7 Å². The van der Waals surface area contributed by atoms with E-state index in [0.717, 1.165) is 12.1 Å². The minimum Gasteiger partial charge on any atom is -0.444 e. The molecule has 112 valence electrons. The number of carbonyl (C=O) groups is 1. The van der Waals surface area contributed by atoms with Crippen molar-refractivity contribution in [1.82, 2.24) is 0 Å². The summed E-state index contributed by atoms with van der Waals surface area (Å²) < 4.78 is 55.0. The second kappa shape index (κ2) is 5.90. The minimum atomic E-state index is -4.59. The van der Waals surface area contributed by atoms with Crippen LogP contribution in [0.3, 0.4) is 0 Å². The average Bonchev–Trinajstić information content (AvgIpc) is 2.17. The normalized spacial score (nSPS) is 12.2. The van der Waals surface area contributed by atoms with Crippen LogP contribution in [-0.4, -0.2) is 17.2 Å². The van der Waals surface area contributed by atoms with Gasteiger partial charge in [-0.1, -0.05) is 0 Å². The highest BCUT2D eigenvalue weighted by molar-refractivity contribution is 8.00. The second-order valence-corrected chi connectivity index (χ2v) is 5.92. The Kier molecular flexibility index (Phi) is 4.90. The van der Waals surface area contributed by atoms with Crippen molar-refractivity contribution in [3.05, 3.63) is 24.0 Å². The number of hydrogen-bond donors (Lipinski definition) is 1. The van der Waals surface area contributed by atoms with Gasteiger partial charge in [0, 0.05) is 4.90 Å². The van der Waals surface area contributed by atoms with Crippen LogP contribution < -0.4 is 5.32 Å². The average molecular weight is 311 g/mol. The molecule has 0 aliphatic carbocycles. The van der Waals surface area contributed by atoms with Crippen LogP contribution in [0.2, 0.25) is 0 Å². The summed E-state index contributed by atoms with van der Waals surface area (Å²) >= 11 is -0.509. The zero-order chi connectivity index (χ0) is 15.6. The number of alkyl halides is 3. The zero-order valence-electron chi connectivity index (χ0n) is 11.0. The quantitative estimate of drug-likeness (QED) is 0.630. The molecule has 0 aliphatic rings. The summed E-state index contributed by atoms with van der Waals surface area (Å²) in [4.78, 5) is 11.1. The molecule has 8 heteroatoms. The molecule has 1 aromatic carbocycles. The molecule has 0 aliphatic heterocycles. The van der Waals surface area contributed by atoms with Gasteiger partial charge in [0.05, 0.1) is 5.69 Å². The van der Waals surface area contributed by atoms with E-state index in [1.54, 1.807) is 20.8 Å². The third-order valence-corrected chi connectivity index (χ3v) is 2.59. The van der Waals surface area contributed by atoms with Gasteiger partial charge in [-0.25, -0.2) is 9.18 Å². The zero-order valence-corrected chi connectivity index (χ0v) is 11.8. The Morgan fingerprint density at radius 3 is 2.35 bits per heavy atom. The van der Waals surface area contributed by atoms with Gasteiger partial charge >= 0.3 is 11.6 Å². The summed E-state index contributed by atoms with van der Waals surface area (Å²) in [6.07, 6.45) is -0.909. The van der Waals surface area contributed by atoms with E-state index in [1.165, 1.54) is 0 Å². The molecule has 0 spiro atoms. The third kappa shape index (κ3) is 6.14. The van der Waals surface area contributed by atoms with Gasteiger partial charge in [-0.2, -0.15) is 13.2 Å². The maximum absolute atomic E-state index is 13.0. The summed E-state index contributed by atoms with van der Waals surface area (Å²) in [5.41, 5.74) is -5.54. The van der Waals surface area contributed by atoms with Crippen molar-refractivity contribution in [2.45, 2.75) is 36.8 Å². The largest absolute Gasteiger partial charge is 0.446 e. The molecule has 20 heavy (non-hydrogen) atoms. The van der Waals surface area contributed by atoms with Crippen LogP contribution in [0.25, 0.3) is 0 Å². The lowest BCUT2D eigenvalue weighted by molar-refractivity contribution is -0.0328. The van der Waals surface area contributed by atoms with Crippen molar-refractivity contribution in [3.8, 4) is 0 Å². The first-order valence-electron chi connectivity index (χ1n) is 5.51. The van der Waals surface area contributed by atoms with E-state index in [-0.39, 0.29) is 5.69 Å². The fourth-order valence-corrected chi connectivity index (χ4v) is 1.87. The van der Waals surface area contributed by atoms with Gasteiger partial charge in [-0.3, -0.25) is 5.32 Å². The first-order valence-corrected chi connectivity index (χ1v) is 6.33. The SMILES string of the molecule is CC(C)(C)OC(=O)Nc1ccc(F)cc1SC(F)(F)F. The monoisotopic (exact) mass is 311 g/mol. The Morgan fingerprint density at radius 2 is 1.85 bits per heavy atom. The molecule has 0 unspecified atom stereocenters. The molecule has 0 saturated carbocycles. The highest BCUT2D eigenvalue weighted by Crippen LogP contribution is 2.40. The number of benzene rings is 1. The number of anilines is 1. The summed E-state index contributed by atoms with van der Waals surface area (Å²) in [7, 11) is 0. The lowest BCUT2D eigenvalue weighted by Gasteiger charge is -2.20. The van der Waals surface area contributed by atoms with Gasteiger partial charge in [0.2, 0.25) is 0 Å². The smallest absolute Gasteiger partial charge is 0.444 e. The van der Waals surface area contributed by atoms with E-state index in [9.17, 15) is 22.4 Å². The van der Waals surface area contributed by atoms with Crippen molar-refractivity contribution in [3.63, 3.8) is 0 Å². The Morgan fingerprint density at radius 1 is 1.25 bits per heavy atom. The number of halogens is 4. The van der Waals surface area contributed by atoms with Crippen molar-refractivity contribution in [2.24, 2.45) is 0 Å². The molecule has 1 aromatic rings. The molecule has 0 aromatic heterocycles. The first-order chi connectivity index (χ1) is 8.96. The van der Waals surface area contributed by atoms with E-state index in [4.69, 9.17) is 4.74 Å². The predicted molar refractivity (Wildman–Crippen MR) is 68.2 cm³/mol. The van der Waals surface area contributed by atoms with Gasteiger partial charge in [0.15, 0.2) is 0 Å². The van der Waals surface area contributed by atoms with Crippen molar-refractivity contribution in [1.29, 1.82) is 0 Å². The molecule has 1 N–H and O–H groups in total. The Labute approximate surface area is 117 Å². The van der Waals surface area contributed by atoms with Gasteiger partial charge < -0.3 is 4.74 Å². The highest BCUT2D eigenvalue weighted by Gasteiger charge is 2.31. The first kappa shape index (κ1) is 16.6. The van der Waals surface area contributed by atoms with Crippen molar-refractivity contribution >= 4 is 23.5 Å². The summed E-state index contributed by atoms with van der Waals surface area (Å²) in [6.45, 7) is 4.84. The number of ether oxygens (including phenoxy) is 1. The fourth-order valence-electron chi connectivity index (χ4n) is 1.22. The fraction of sp³-hybridized carbons (Fsp3) is 0.417.